The highest BCUT2D eigenvalue weighted by Crippen LogP contribution is 2.34. The van der Waals surface area contributed by atoms with E-state index < -0.39 is 14.7 Å². The summed E-state index contributed by atoms with van der Waals surface area (Å²) in [6.45, 7) is 12.9. The summed E-state index contributed by atoms with van der Waals surface area (Å²) in [7, 11) is 0.586. The number of nitrogens with zero attached hydrogens (tertiary/aromatic N) is 1. The molecule has 0 spiro atoms. The number of ether oxygens (including phenoxy) is 1. The van der Waals surface area contributed by atoms with Crippen LogP contribution in [0.4, 0.5) is 11.4 Å². The van der Waals surface area contributed by atoms with Crippen molar-refractivity contribution in [3.8, 4) is 5.75 Å². The number of para-hydroxylation sites is 1. The van der Waals surface area contributed by atoms with Crippen LogP contribution in [0.25, 0.3) is 4.85 Å². The predicted molar refractivity (Wildman–Crippen MR) is 109 cm³/mol. The highest BCUT2D eigenvalue weighted by atomic mass is 35.7. The highest BCUT2D eigenvalue weighted by molar-refractivity contribution is 8.11. The predicted octanol–water partition coefficient (Wildman–Crippen LogP) is 3.11. The summed E-state index contributed by atoms with van der Waals surface area (Å²) in [5.74, 6) is 0.629. The Morgan fingerprint density at radius 3 is 2.36 bits per heavy atom. The zero-order valence-corrected chi connectivity index (χ0v) is 17.6. The third-order valence-electron chi connectivity index (χ3n) is 3.24. The van der Waals surface area contributed by atoms with Crippen LogP contribution in [0.15, 0.2) is 18.2 Å². The first-order chi connectivity index (χ1) is 12.8. The monoisotopic (exact) mass is 435 g/mol. The fourth-order valence-corrected chi connectivity index (χ4v) is 1.79. The molecule has 0 atom stereocenters. The van der Waals surface area contributed by atoms with Gasteiger partial charge in [0.1, 0.15) is 11.5 Å². The van der Waals surface area contributed by atoms with Gasteiger partial charge in [0.25, 0.3) is 15.7 Å². The maximum atomic E-state index is 12.1. The number of carboxylic acid groups (broad SMARTS) is 1. The lowest BCUT2D eigenvalue weighted by Gasteiger charge is -2.24. The van der Waals surface area contributed by atoms with Crippen LogP contribution in [0.2, 0.25) is 0 Å². The summed E-state index contributed by atoms with van der Waals surface area (Å²) < 4.78 is 24.0. The molecule has 9 nitrogen and oxygen atoms in total. The average molecular weight is 436 g/mol. The van der Waals surface area contributed by atoms with Crippen LogP contribution in [0, 0.1) is 12.0 Å². The smallest absolute Gasteiger partial charge is 0.294 e. The summed E-state index contributed by atoms with van der Waals surface area (Å²) in [6, 6.07) is 5.11. The van der Waals surface area contributed by atoms with E-state index >= 15 is 0 Å². The number of anilines is 1. The van der Waals surface area contributed by atoms with E-state index in [0.717, 1.165) is 12.8 Å². The third kappa shape index (κ3) is 13.8. The van der Waals surface area contributed by atoms with Crippen molar-refractivity contribution in [2.45, 2.75) is 40.0 Å². The lowest BCUT2D eigenvalue weighted by molar-refractivity contribution is -0.128. The fraction of sp³-hybridized carbons (Fsp3) is 0.471. The van der Waals surface area contributed by atoms with Crippen LogP contribution in [-0.4, -0.2) is 32.4 Å². The van der Waals surface area contributed by atoms with Gasteiger partial charge in [-0.1, -0.05) is 19.4 Å². The number of halogens is 1. The SMILES string of the molecule is NS(=O)(=O)Cl.O=CO.[C-]#[N+]c1c(N)cccc1OCC(C)(C)C(=O)CCCC. The van der Waals surface area contributed by atoms with Crippen molar-refractivity contribution in [1.82, 2.24) is 0 Å². The molecule has 1 aromatic rings. The van der Waals surface area contributed by atoms with Crippen LogP contribution in [0.1, 0.15) is 40.0 Å². The molecule has 0 aliphatic carbocycles. The fourth-order valence-electron chi connectivity index (χ4n) is 1.79. The molecular weight excluding hydrogens is 410 g/mol. The van der Waals surface area contributed by atoms with Crippen molar-refractivity contribution in [3.63, 3.8) is 0 Å². The number of hydrogen-bond donors (Lipinski definition) is 3. The topological polar surface area (TPSA) is 154 Å². The van der Waals surface area contributed by atoms with Gasteiger partial charge in [0.05, 0.1) is 18.6 Å². The van der Waals surface area contributed by atoms with Crippen molar-refractivity contribution in [2.24, 2.45) is 10.6 Å². The number of carbonyl (C=O) groups excluding carboxylic acids is 1. The van der Waals surface area contributed by atoms with Gasteiger partial charge in [-0.25, -0.2) is 9.98 Å². The summed E-state index contributed by atoms with van der Waals surface area (Å²) in [4.78, 5) is 23.8. The Hall–Kier alpha value is -2.35. The van der Waals surface area contributed by atoms with Gasteiger partial charge in [0, 0.05) is 22.8 Å². The van der Waals surface area contributed by atoms with Crippen LogP contribution in [0.3, 0.4) is 0 Å². The molecule has 0 saturated carbocycles. The van der Waals surface area contributed by atoms with E-state index in [9.17, 15) is 13.2 Å². The van der Waals surface area contributed by atoms with Crippen molar-refractivity contribution in [3.05, 3.63) is 29.6 Å². The minimum Gasteiger partial charge on any atom is -0.504 e. The molecule has 0 heterocycles. The summed E-state index contributed by atoms with van der Waals surface area (Å²) in [6.07, 6.45) is 2.47. The van der Waals surface area contributed by atoms with E-state index in [0.29, 0.717) is 23.5 Å². The second-order valence-corrected chi connectivity index (χ2v) is 8.33. The van der Waals surface area contributed by atoms with Gasteiger partial charge in [-0.2, -0.15) is 8.42 Å². The molecule has 0 fully saturated rings. The van der Waals surface area contributed by atoms with Crippen molar-refractivity contribution in [2.75, 3.05) is 12.3 Å². The Morgan fingerprint density at radius 2 is 1.93 bits per heavy atom. The Labute approximate surface area is 170 Å². The molecule has 11 heteroatoms. The van der Waals surface area contributed by atoms with Gasteiger partial charge >= 0.3 is 0 Å². The number of ketones is 1. The molecule has 0 aliphatic heterocycles. The molecular formula is C17H26ClN3O6S. The largest absolute Gasteiger partial charge is 0.504 e. The average Bonchev–Trinajstić information content (AvgIpc) is 2.57. The van der Waals surface area contributed by atoms with Crippen LogP contribution >= 0.6 is 10.7 Å². The minimum absolute atomic E-state index is 0.188. The van der Waals surface area contributed by atoms with E-state index in [4.69, 9.17) is 26.9 Å². The molecule has 5 N–H and O–H groups in total. The maximum absolute atomic E-state index is 12.1. The Bertz CT molecular complexity index is 768. The quantitative estimate of drug-likeness (QED) is 0.257. The van der Waals surface area contributed by atoms with Gasteiger partial charge in [-0.3, -0.25) is 9.59 Å². The summed E-state index contributed by atoms with van der Waals surface area (Å²) in [5.41, 5.74) is 5.89. The van der Waals surface area contributed by atoms with Gasteiger partial charge in [-0.15, -0.1) is 0 Å². The second-order valence-electron chi connectivity index (χ2n) is 6.09. The van der Waals surface area contributed by atoms with Crippen molar-refractivity contribution >= 4 is 43.5 Å². The first kappa shape index (κ1) is 27.9. The van der Waals surface area contributed by atoms with Gasteiger partial charge < -0.3 is 15.6 Å². The number of rotatable bonds is 7. The van der Waals surface area contributed by atoms with E-state index in [1.54, 1.807) is 18.2 Å². The Balaban J connectivity index is 0. The number of hydrogen-bond acceptors (Lipinski definition) is 6. The molecule has 0 amide bonds. The molecule has 0 saturated heterocycles. The number of Topliss-reactive ketones (excluding diaryl/α,β-unsaturated/α-hetero) is 1. The summed E-state index contributed by atoms with van der Waals surface area (Å²) >= 11 is 0. The molecule has 0 unspecified atom stereocenters. The molecule has 0 radical (unpaired) electrons. The molecule has 0 aliphatic rings. The van der Waals surface area contributed by atoms with Crippen molar-refractivity contribution in [1.29, 1.82) is 0 Å². The number of unbranched alkanes of at least 4 members (excludes halogenated alkanes) is 1. The number of carbonyl (C=O) groups is 2. The van der Waals surface area contributed by atoms with Gasteiger partial charge in [-0.05, 0) is 32.4 Å². The first-order valence-electron chi connectivity index (χ1n) is 8.06. The lowest BCUT2D eigenvalue weighted by Crippen LogP contribution is -2.31. The molecule has 28 heavy (non-hydrogen) atoms. The van der Waals surface area contributed by atoms with E-state index in [2.05, 4.69) is 27.6 Å². The van der Waals surface area contributed by atoms with E-state index in [1.165, 1.54) is 0 Å². The Morgan fingerprint density at radius 1 is 1.43 bits per heavy atom. The second kappa shape index (κ2) is 13.8. The zero-order valence-electron chi connectivity index (χ0n) is 16.0. The number of nitrogens with two attached hydrogens (primary N) is 2. The zero-order chi connectivity index (χ0) is 22.4. The van der Waals surface area contributed by atoms with Crippen LogP contribution in [-0.2, 0) is 18.8 Å². The van der Waals surface area contributed by atoms with E-state index in [-0.39, 0.29) is 18.9 Å². The van der Waals surface area contributed by atoms with Crippen LogP contribution < -0.4 is 15.6 Å². The first-order valence-corrected chi connectivity index (χ1v) is 10.4. The molecule has 0 aromatic heterocycles. The molecule has 1 aromatic carbocycles. The maximum Gasteiger partial charge on any atom is 0.294 e. The molecule has 1 rings (SSSR count). The highest BCUT2D eigenvalue weighted by Gasteiger charge is 2.28. The van der Waals surface area contributed by atoms with Gasteiger partial charge in [0.15, 0.2) is 0 Å². The standard InChI is InChI=1S/C16H22N2O2.CH2O2.ClH2NO2S/c1-5-6-10-14(19)16(2,3)11-20-13-9-7-8-12(17)15(13)18-4;2-1-3;1-5(2,3)4/h7-9H,5-6,10-11,17H2,1-3H3;1H,(H,2,3);(H2,2,3,4). The number of nitrogen functional groups attached to an aromatic ring is 1. The van der Waals surface area contributed by atoms with Crippen molar-refractivity contribution < 1.29 is 27.9 Å². The molecule has 0 bridgehead atoms. The van der Waals surface area contributed by atoms with Crippen LogP contribution in [0.5, 0.6) is 5.75 Å². The summed E-state index contributed by atoms with van der Waals surface area (Å²) in [5, 5.41) is 11.0. The van der Waals surface area contributed by atoms with E-state index in [1.807, 2.05) is 13.8 Å². The minimum atomic E-state index is -3.69. The number of benzene rings is 1. The van der Waals surface area contributed by atoms with Gasteiger partial charge in [0.2, 0.25) is 5.69 Å². The lowest BCUT2D eigenvalue weighted by atomic mass is 9.86. The normalized spacial score (nSPS) is 10.3. The third-order valence-corrected chi connectivity index (χ3v) is 3.24. The molecule has 158 valence electrons. The Kier molecular flexibility index (Phi) is 13.7.